The van der Waals surface area contributed by atoms with Gasteiger partial charge in [-0.3, -0.25) is 14.9 Å². The van der Waals surface area contributed by atoms with Gasteiger partial charge in [0, 0.05) is 23.7 Å². The van der Waals surface area contributed by atoms with E-state index in [0.717, 1.165) is 19.3 Å². The monoisotopic (exact) mass is 329 g/mol. The van der Waals surface area contributed by atoms with Crippen molar-refractivity contribution in [3.05, 3.63) is 28.3 Å². The molecule has 0 radical (unpaired) electrons. The third-order valence-electron chi connectivity index (χ3n) is 3.73. The lowest BCUT2D eigenvalue weighted by Crippen LogP contribution is -2.34. The highest BCUT2D eigenvalue weighted by molar-refractivity contribution is 5.93. The Kier molecular flexibility index (Phi) is 6.58. The third kappa shape index (κ3) is 4.32. The normalized spacial score (nSPS) is 20.6. The molecule has 0 bridgehead atoms. The van der Waals surface area contributed by atoms with E-state index in [9.17, 15) is 14.9 Å². The third-order valence-corrected chi connectivity index (χ3v) is 3.73. The standard InChI is InChI=1S/C14H19N3O4.ClH/c1-21-13-6-5-11(8-12(13)17(19)20)16-14(18)9-3-2-4-10(15)7-9;/h5-6,8-10H,2-4,7,15H2,1H3,(H,16,18);1H. The van der Waals surface area contributed by atoms with Crippen LogP contribution in [0, 0.1) is 16.0 Å². The van der Waals surface area contributed by atoms with Gasteiger partial charge >= 0.3 is 5.69 Å². The highest BCUT2D eigenvalue weighted by Crippen LogP contribution is 2.30. The molecular weight excluding hydrogens is 310 g/mol. The first-order valence-electron chi connectivity index (χ1n) is 6.90. The molecule has 0 saturated heterocycles. The number of hydrogen-bond donors (Lipinski definition) is 2. The van der Waals surface area contributed by atoms with Gasteiger partial charge < -0.3 is 15.8 Å². The van der Waals surface area contributed by atoms with E-state index in [2.05, 4.69) is 5.32 Å². The van der Waals surface area contributed by atoms with Crippen molar-refractivity contribution in [1.29, 1.82) is 0 Å². The van der Waals surface area contributed by atoms with Gasteiger partial charge in [-0.05, 0) is 31.4 Å². The minimum Gasteiger partial charge on any atom is -0.490 e. The Labute approximate surface area is 134 Å². The number of rotatable bonds is 4. The maximum Gasteiger partial charge on any atom is 0.312 e. The fourth-order valence-corrected chi connectivity index (χ4v) is 2.62. The Balaban J connectivity index is 0.00000242. The molecule has 3 N–H and O–H groups in total. The summed E-state index contributed by atoms with van der Waals surface area (Å²) in [6.07, 6.45) is 3.33. The molecule has 8 heteroatoms. The minimum atomic E-state index is -0.537. The number of carbonyl (C=O) groups is 1. The number of nitrogens with two attached hydrogens (primary N) is 1. The number of amides is 1. The van der Waals surface area contributed by atoms with Crippen LogP contribution in [0.4, 0.5) is 11.4 Å². The summed E-state index contributed by atoms with van der Waals surface area (Å²) in [7, 11) is 1.37. The predicted octanol–water partition coefficient (Wildman–Crippen LogP) is 2.48. The molecule has 1 aromatic rings. The van der Waals surface area contributed by atoms with Crippen molar-refractivity contribution in [1.82, 2.24) is 0 Å². The Morgan fingerprint density at radius 2 is 2.18 bits per heavy atom. The fourth-order valence-electron chi connectivity index (χ4n) is 2.62. The number of nitro groups is 1. The van der Waals surface area contributed by atoms with Crippen LogP contribution in [0.3, 0.4) is 0 Å². The summed E-state index contributed by atoms with van der Waals surface area (Å²) in [5, 5.41) is 13.7. The molecule has 1 amide bonds. The smallest absolute Gasteiger partial charge is 0.312 e. The second kappa shape index (κ2) is 7.95. The van der Waals surface area contributed by atoms with Crippen LogP contribution in [0.15, 0.2) is 18.2 Å². The number of halogens is 1. The zero-order valence-electron chi connectivity index (χ0n) is 12.3. The molecule has 1 saturated carbocycles. The van der Waals surface area contributed by atoms with E-state index in [1.54, 1.807) is 6.07 Å². The summed E-state index contributed by atoms with van der Waals surface area (Å²) in [5.41, 5.74) is 6.10. The lowest BCUT2D eigenvalue weighted by Gasteiger charge is -2.25. The lowest BCUT2D eigenvalue weighted by atomic mass is 9.85. The summed E-state index contributed by atoms with van der Waals surface area (Å²) in [5.74, 6) is -0.0998. The Morgan fingerprint density at radius 3 is 2.77 bits per heavy atom. The molecule has 2 rings (SSSR count). The fraction of sp³-hybridized carbons (Fsp3) is 0.500. The number of benzene rings is 1. The first-order valence-corrected chi connectivity index (χ1v) is 6.90. The minimum absolute atomic E-state index is 0. The summed E-state index contributed by atoms with van der Waals surface area (Å²) in [6, 6.07) is 4.42. The molecule has 122 valence electrons. The number of hydrogen-bond acceptors (Lipinski definition) is 5. The molecule has 1 aliphatic carbocycles. The van der Waals surface area contributed by atoms with E-state index in [1.807, 2.05) is 0 Å². The van der Waals surface area contributed by atoms with Gasteiger partial charge in [0.25, 0.3) is 0 Å². The number of nitro benzene ring substituents is 1. The SMILES string of the molecule is COc1ccc(NC(=O)C2CCCC(N)C2)cc1[N+](=O)[O-].Cl. The van der Waals surface area contributed by atoms with E-state index in [1.165, 1.54) is 19.2 Å². The molecule has 2 atom stereocenters. The van der Waals surface area contributed by atoms with Crippen molar-refractivity contribution in [3.63, 3.8) is 0 Å². The van der Waals surface area contributed by atoms with Crippen LogP contribution in [-0.4, -0.2) is 24.0 Å². The van der Waals surface area contributed by atoms with Crippen LogP contribution < -0.4 is 15.8 Å². The molecule has 7 nitrogen and oxygen atoms in total. The van der Waals surface area contributed by atoms with Crippen LogP contribution in [0.5, 0.6) is 5.75 Å². The largest absolute Gasteiger partial charge is 0.490 e. The van der Waals surface area contributed by atoms with Gasteiger partial charge in [0.05, 0.1) is 12.0 Å². The van der Waals surface area contributed by atoms with Crippen LogP contribution in [0.1, 0.15) is 25.7 Å². The average molecular weight is 330 g/mol. The second-order valence-electron chi connectivity index (χ2n) is 5.26. The van der Waals surface area contributed by atoms with Gasteiger partial charge in [-0.25, -0.2) is 0 Å². The highest BCUT2D eigenvalue weighted by atomic mass is 35.5. The molecule has 0 aliphatic heterocycles. The Hall–Kier alpha value is -1.86. The van der Waals surface area contributed by atoms with Gasteiger partial charge in [0.15, 0.2) is 5.75 Å². The topological polar surface area (TPSA) is 107 Å². The van der Waals surface area contributed by atoms with E-state index in [0.29, 0.717) is 12.1 Å². The number of nitrogens with one attached hydrogen (secondary N) is 1. The van der Waals surface area contributed by atoms with Gasteiger partial charge in [0.2, 0.25) is 5.91 Å². The van der Waals surface area contributed by atoms with E-state index < -0.39 is 4.92 Å². The van der Waals surface area contributed by atoms with E-state index >= 15 is 0 Å². The number of anilines is 1. The average Bonchev–Trinajstić information content (AvgIpc) is 2.47. The molecule has 1 aromatic carbocycles. The van der Waals surface area contributed by atoms with Gasteiger partial charge in [-0.15, -0.1) is 12.4 Å². The molecule has 1 fully saturated rings. The van der Waals surface area contributed by atoms with Crippen molar-refractivity contribution in [2.24, 2.45) is 11.7 Å². The van der Waals surface area contributed by atoms with Crippen molar-refractivity contribution >= 4 is 29.7 Å². The first-order chi connectivity index (χ1) is 10.0. The summed E-state index contributed by atoms with van der Waals surface area (Å²) in [4.78, 5) is 22.6. The first kappa shape index (κ1) is 18.2. The summed E-state index contributed by atoms with van der Waals surface area (Å²) in [6.45, 7) is 0. The van der Waals surface area contributed by atoms with Crippen molar-refractivity contribution in [3.8, 4) is 5.75 Å². The Morgan fingerprint density at radius 1 is 1.45 bits per heavy atom. The molecule has 2 unspecified atom stereocenters. The van der Waals surface area contributed by atoms with Crippen LogP contribution in [0.25, 0.3) is 0 Å². The molecule has 0 heterocycles. The Bertz CT molecular complexity index is 553. The van der Waals surface area contributed by atoms with Crippen LogP contribution in [0.2, 0.25) is 0 Å². The van der Waals surface area contributed by atoms with Crippen LogP contribution >= 0.6 is 12.4 Å². The van der Waals surface area contributed by atoms with Crippen LogP contribution in [-0.2, 0) is 4.79 Å². The number of nitrogens with zero attached hydrogens (tertiary/aromatic N) is 1. The van der Waals surface area contributed by atoms with Gasteiger partial charge in [0.1, 0.15) is 0 Å². The zero-order chi connectivity index (χ0) is 15.4. The lowest BCUT2D eigenvalue weighted by molar-refractivity contribution is -0.385. The quantitative estimate of drug-likeness (QED) is 0.651. The summed E-state index contributed by atoms with van der Waals surface area (Å²) < 4.78 is 4.93. The predicted molar refractivity (Wildman–Crippen MR) is 85.5 cm³/mol. The molecule has 22 heavy (non-hydrogen) atoms. The number of carbonyl (C=O) groups excluding carboxylic acids is 1. The second-order valence-corrected chi connectivity index (χ2v) is 5.26. The molecule has 1 aliphatic rings. The van der Waals surface area contributed by atoms with Crippen molar-refractivity contribution in [2.45, 2.75) is 31.7 Å². The maximum atomic E-state index is 12.2. The zero-order valence-corrected chi connectivity index (χ0v) is 13.1. The van der Waals surface area contributed by atoms with E-state index in [-0.39, 0.29) is 41.7 Å². The van der Waals surface area contributed by atoms with Crippen molar-refractivity contribution < 1.29 is 14.5 Å². The van der Waals surface area contributed by atoms with Gasteiger partial charge in [-0.2, -0.15) is 0 Å². The van der Waals surface area contributed by atoms with Crippen molar-refractivity contribution in [2.75, 3.05) is 12.4 Å². The van der Waals surface area contributed by atoms with Gasteiger partial charge in [-0.1, -0.05) is 6.42 Å². The molecule has 0 spiro atoms. The molecule has 0 aromatic heterocycles. The number of methoxy groups -OCH3 is 1. The van der Waals surface area contributed by atoms with E-state index in [4.69, 9.17) is 10.5 Å². The summed E-state index contributed by atoms with van der Waals surface area (Å²) >= 11 is 0. The highest BCUT2D eigenvalue weighted by Gasteiger charge is 2.26. The molecular formula is C14H20ClN3O4. The maximum absolute atomic E-state index is 12.2. The number of ether oxygens (including phenoxy) is 1.